The van der Waals surface area contributed by atoms with Crippen LogP contribution in [-0.2, 0) is 0 Å². The Morgan fingerprint density at radius 2 is 1.28 bits per heavy atom. The Bertz CT molecular complexity index is 412. The van der Waals surface area contributed by atoms with E-state index in [9.17, 15) is 0 Å². The zero-order chi connectivity index (χ0) is 12.5. The van der Waals surface area contributed by atoms with E-state index in [1.165, 1.54) is 0 Å². The van der Waals surface area contributed by atoms with Crippen LogP contribution < -0.4 is 16.3 Å². The lowest BCUT2D eigenvalue weighted by molar-refractivity contribution is 0.288. The molecule has 5 N–H and O–H groups in total. The first-order chi connectivity index (χ1) is 8.18. The van der Waals surface area contributed by atoms with Crippen LogP contribution in [-0.4, -0.2) is 25.2 Å². The van der Waals surface area contributed by atoms with Gasteiger partial charge in [0.2, 0.25) is 0 Å². The van der Waals surface area contributed by atoms with Crippen molar-refractivity contribution in [2.24, 2.45) is 0 Å². The average molecular weight is 243 g/mol. The van der Waals surface area contributed by atoms with Gasteiger partial charge >= 0.3 is 7.32 Å². The summed E-state index contributed by atoms with van der Waals surface area (Å²) in [6.07, 6.45) is 0. The van der Waals surface area contributed by atoms with Crippen molar-refractivity contribution in [1.29, 1.82) is 0 Å². The van der Waals surface area contributed by atoms with Gasteiger partial charge in [-0.15, -0.1) is 0 Å². The molecule has 0 bridgehead atoms. The van der Waals surface area contributed by atoms with E-state index in [0.29, 0.717) is 5.75 Å². The van der Waals surface area contributed by atoms with Crippen molar-refractivity contribution in [3.8, 4) is 5.75 Å². The minimum Gasteiger partial charge on any atom is -0.512 e. The van der Waals surface area contributed by atoms with Gasteiger partial charge in [0.05, 0.1) is 0 Å². The summed E-state index contributed by atoms with van der Waals surface area (Å²) in [5.41, 5.74) is 0.822. The molecule has 0 aromatic heterocycles. The van der Waals surface area contributed by atoms with Crippen LogP contribution in [0.15, 0.2) is 60.7 Å². The van der Waals surface area contributed by atoms with E-state index in [0.717, 1.165) is 5.46 Å². The molecule has 0 amide bonds. The molecule has 0 aliphatic heterocycles. The lowest BCUT2D eigenvalue weighted by Gasteiger charge is -2.01. The van der Waals surface area contributed by atoms with Gasteiger partial charge in [-0.25, -0.2) is 0 Å². The third-order valence-corrected chi connectivity index (χ3v) is 1.78. The second-order valence-electron chi connectivity index (χ2n) is 3.17. The van der Waals surface area contributed by atoms with Crippen molar-refractivity contribution in [1.82, 2.24) is 6.15 Å². The van der Waals surface area contributed by atoms with Crippen molar-refractivity contribution >= 4 is 20.6 Å². The summed E-state index contributed by atoms with van der Waals surface area (Å²) in [5, 5.41) is 16.7. The van der Waals surface area contributed by atoms with Crippen molar-refractivity contribution in [3.63, 3.8) is 0 Å². The first kappa shape index (κ1) is 16.2. The molecule has 0 saturated heterocycles. The van der Waals surface area contributed by atoms with E-state index in [-0.39, 0.29) is 6.15 Å². The predicted molar refractivity (Wildman–Crippen MR) is 74.1 cm³/mol. The van der Waals surface area contributed by atoms with Crippen LogP contribution in [0.2, 0.25) is 0 Å². The molecule has 2 radical (unpaired) electrons. The van der Waals surface area contributed by atoms with Crippen LogP contribution in [0, 0.1) is 0 Å². The van der Waals surface area contributed by atoms with Gasteiger partial charge in [-0.1, -0.05) is 54.0 Å². The molecular formula is C12H15B2NO3. The molecular weight excluding hydrogens is 228 g/mol. The second-order valence-corrected chi connectivity index (χ2v) is 3.17. The van der Waals surface area contributed by atoms with E-state index < -0.39 is 7.32 Å². The molecule has 18 heavy (non-hydrogen) atoms. The summed E-state index contributed by atoms with van der Waals surface area (Å²) in [6, 6.07) is 18.1. The Morgan fingerprint density at radius 1 is 0.833 bits per heavy atom. The molecule has 2 rings (SSSR count). The van der Waals surface area contributed by atoms with Crippen LogP contribution in [0.1, 0.15) is 0 Å². The maximum atomic E-state index is 8.34. The number of hydrogen-bond donors (Lipinski definition) is 3. The fourth-order valence-electron chi connectivity index (χ4n) is 1.07. The van der Waals surface area contributed by atoms with Crippen LogP contribution in [0.3, 0.4) is 0 Å². The molecule has 0 atom stereocenters. The summed E-state index contributed by atoms with van der Waals surface area (Å²) in [5.74, 6) is 0.442. The molecule has 4 nitrogen and oxygen atoms in total. The van der Waals surface area contributed by atoms with Gasteiger partial charge in [0.15, 0.2) is 0 Å². The van der Waals surface area contributed by atoms with Gasteiger partial charge in [0, 0.05) is 0 Å². The average Bonchev–Trinajstić information content (AvgIpc) is 2.31. The van der Waals surface area contributed by atoms with Gasteiger partial charge in [0.25, 0.3) is 0 Å². The van der Waals surface area contributed by atoms with Crippen molar-refractivity contribution in [3.05, 3.63) is 60.7 Å². The third-order valence-electron chi connectivity index (χ3n) is 1.78. The molecule has 0 fully saturated rings. The third kappa shape index (κ3) is 7.51. The first-order valence-electron chi connectivity index (χ1n) is 5.07. The van der Waals surface area contributed by atoms with E-state index in [4.69, 9.17) is 17.9 Å². The highest BCUT2D eigenvalue weighted by Gasteiger charge is 2.09. The number of hydrogen-bond acceptors (Lipinski definition) is 4. The number of benzene rings is 2. The highest BCUT2D eigenvalue weighted by atomic mass is 16.6. The van der Waals surface area contributed by atoms with Gasteiger partial charge in [-0.2, -0.15) is 0 Å². The van der Waals surface area contributed by atoms with E-state index >= 15 is 0 Å². The zero-order valence-corrected chi connectivity index (χ0v) is 9.94. The van der Waals surface area contributed by atoms with E-state index in [1.807, 2.05) is 36.4 Å². The van der Waals surface area contributed by atoms with Crippen LogP contribution in [0.5, 0.6) is 5.75 Å². The fraction of sp³-hybridized carbons (Fsp3) is 0. The maximum absolute atomic E-state index is 8.34. The lowest BCUT2D eigenvalue weighted by Crippen LogP contribution is -2.20. The second kappa shape index (κ2) is 9.30. The first-order valence-corrected chi connectivity index (χ1v) is 5.07. The summed E-state index contributed by atoms with van der Waals surface area (Å²) in [6.45, 7) is 0. The summed E-state index contributed by atoms with van der Waals surface area (Å²) in [4.78, 5) is 0. The Labute approximate surface area is 108 Å². The largest absolute Gasteiger partial charge is 0.707 e. The topological polar surface area (TPSA) is 84.7 Å². The van der Waals surface area contributed by atoms with Gasteiger partial charge in [-0.05, 0) is 12.1 Å². The molecule has 0 aliphatic rings. The molecule has 0 spiro atoms. The smallest absolute Gasteiger partial charge is 0.512 e. The van der Waals surface area contributed by atoms with Gasteiger partial charge in [0.1, 0.15) is 13.6 Å². The SMILES string of the molecule is N.OB(O)Oc1ccccc1.[B]c1ccccc1. The van der Waals surface area contributed by atoms with Crippen molar-refractivity contribution in [2.75, 3.05) is 0 Å². The normalized spacial score (nSPS) is 8.33. The monoisotopic (exact) mass is 243 g/mol. The fourth-order valence-corrected chi connectivity index (χ4v) is 1.07. The zero-order valence-electron chi connectivity index (χ0n) is 9.94. The summed E-state index contributed by atoms with van der Waals surface area (Å²) >= 11 is 0. The van der Waals surface area contributed by atoms with E-state index in [2.05, 4.69) is 4.65 Å². The van der Waals surface area contributed by atoms with Crippen LogP contribution >= 0.6 is 0 Å². The van der Waals surface area contributed by atoms with E-state index in [1.54, 1.807) is 24.3 Å². The molecule has 92 valence electrons. The molecule has 2 aromatic rings. The Morgan fingerprint density at radius 3 is 1.61 bits per heavy atom. The molecule has 0 unspecified atom stereocenters. The van der Waals surface area contributed by atoms with Crippen molar-refractivity contribution in [2.45, 2.75) is 0 Å². The predicted octanol–water partition coefficient (Wildman–Crippen LogP) is 0.677. The standard InChI is InChI=1S/C6H7BO3.C6H5B.H3N/c8-7(9)10-6-4-2-1-3-5-6;7-6-4-2-1-3-5-6;/h1-5,8-9H;1-5H;1H3. The van der Waals surface area contributed by atoms with Gasteiger partial charge < -0.3 is 20.9 Å². The van der Waals surface area contributed by atoms with Gasteiger partial charge in [-0.3, -0.25) is 0 Å². The Hall–Kier alpha value is -1.75. The Balaban J connectivity index is 0.000000321. The van der Waals surface area contributed by atoms with Crippen molar-refractivity contribution < 1.29 is 14.7 Å². The van der Waals surface area contributed by atoms with Crippen LogP contribution in [0.25, 0.3) is 0 Å². The summed E-state index contributed by atoms with van der Waals surface area (Å²) < 4.78 is 4.53. The number of rotatable bonds is 2. The lowest BCUT2D eigenvalue weighted by atomic mass is 9.97. The minimum atomic E-state index is -1.73. The van der Waals surface area contributed by atoms with Crippen LogP contribution in [0.4, 0.5) is 0 Å². The molecule has 0 saturated carbocycles. The minimum absolute atomic E-state index is 0. The maximum Gasteiger partial charge on any atom is 0.707 e. The molecule has 6 heteroatoms. The molecule has 2 aromatic carbocycles. The highest BCUT2D eigenvalue weighted by Crippen LogP contribution is 2.07. The quantitative estimate of drug-likeness (QED) is 0.677. The number of para-hydroxylation sites is 1. The molecule has 0 heterocycles. The molecule has 0 aliphatic carbocycles. The highest BCUT2D eigenvalue weighted by molar-refractivity contribution is 6.33. The summed E-state index contributed by atoms with van der Waals surface area (Å²) in [7, 11) is 3.62. The Kier molecular flexibility index (Phi) is 8.39.